The van der Waals surface area contributed by atoms with Crippen molar-refractivity contribution in [2.45, 2.75) is 6.04 Å². The van der Waals surface area contributed by atoms with Gasteiger partial charge in [0.2, 0.25) is 0 Å². The maximum Gasteiger partial charge on any atom is 0.0595 e. The lowest BCUT2D eigenvalue weighted by atomic mass is 10.1. The van der Waals surface area contributed by atoms with Crippen LogP contribution in [0, 0.1) is 0 Å². The lowest BCUT2D eigenvalue weighted by molar-refractivity contribution is 0.430. The number of piperazine rings is 1. The molecular weight excluding hydrogens is 290 g/mol. The molecule has 0 aliphatic carbocycles. The van der Waals surface area contributed by atoms with Gasteiger partial charge in [-0.3, -0.25) is 0 Å². The van der Waals surface area contributed by atoms with Crippen LogP contribution in [0.15, 0.2) is 18.2 Å². The number of nitrogens with one attached hydrogen (secondary N) is 2. The van der Waals surface area contributed by atoms with Gasteiger partial charge in [0.25, 0.3) is 0 Å². The summed E-state index contributed by atoms with van der Waals surface area (Å²) in [6, 6.07) is 6.13. The summed E-state index contributed by atoms with van der Waals surface area (Å²) in [4.78, 5) is 0. The second-order valence-corrected chi connectivity index (χ2v) is 4.20. The molecule has 0 bridgehead atoms. The lowest BCUT2D eigenvalue weighted by Crippen LogP contribution is -2.42. The predicted molar refractivity (Wildman–Crippen MR) is 74.6 cm³/mol. The van der Waals surface area contributed by atoms with Crippen molar-refractivity contribution in [1.29, 1.82) is 0 Å². The minimum absolute atomic E-state index is 0. The van der Waals surface area contributed by atoms with E-state index in [0.717, 1.165) is 19.6 Å². The zero-order valence-electron chi connectivity index (χ0n) is 8.50. The molecule has 1 heterocycles. The average Bonchev–Trinajstić information content (AvgIpc) is 2.23. The van der Waals surface area contributed by atoms with Crippen LogP contribution in [0.25, 0.3) is 0 Å². The van der Waals surface area contributed by atoms with Crippen molar-refractivity contribution in [1.82, 2.24) is 10.6 Å². The maximum atomic E-state index is 5.95. The summed E-state index contributed by atoms with van der Waals surface area (Å²) in [6.07, 6.45) is 0. The van der Waals surface area contributed by atoms with Gasteiger partial charge in [0, 0.05) is 25.7 Å². The van der Waals surface area contributed by atoms with E-state index in [9.17, 15) is 0 Å². The molecule has 1 saturated heterocycles. The van der Waals surface area contributed by atoms with Crippen LogP contribution in [0.5, 0.6) is 0 Å². The van der Waals surface area contributed by atoms with E-state index in [-0.39, 0.29) is 24.8 Å². The van der Waals surface area contributed by atoms with E-state index in [1.807, 2.05) is 18.2 Å². The molecule has 0 radical (unpaired) electrons. The van der Waals surface area contributed by atoms with Crippen LogP contribution in [0.2, 0.25) is 10.0 Å². The van der Waals surface area contributed by atoms with Gasteiger partial charge in [-0.05, 0) is 17.7 Å². The molecule has 2 rings (SSSR count). The van der Waals surface area contributed by atoms with Crippen molar-refractivity contribution >= 4 is 48.0 Å². The Kier molecular flexibility index (Phi) is 7.73. The van der Waals surface area contributed by atoms with E-state index in [1.165, 1.54) is 5.56 Å². The molecule has 0 aromatic heterocycles. The van der Waals surface area contributed by atoms with Crippen molar-refractivity contribution in [3.63, 3.8) is 0 Å². The molecule has 2 N–H and O–H groups in total. The Morgan fingerprint density at radius 3 is 2.38 bits per heavy atom. The highest BCUT2D eigenvalue weighted by Crippen LogP contribution is 2.25. The topological polar surface area (TPSA) is 24.1 Å². The van der Waals surface area contributed by atoms with E-state index in [4.69, 9.17) is 23.2 Å². The summed E-state index contributed by atoms with van der Waals surface area (Å²) in [6.45, 7) is 2.96. The summed E-state index contributed by atoms with van der Waals surface area (Å²) >= 11 is 11.8. The van der Waals surface area contributed by atoms with Gasteiger partial charge >= 0.3 is 0 Å². The third-order valence-electron chi connectivity index (χ3n) is 2.39. The van der Waals surface area contributed by atoms with Crippen LogP contribution in [-0.2, 0) is 0 Å². The molecule has 6 heteroatoms. The summed E-state index contributed by atoms with van der Waals surface area (Å²) in [5, 5.41) is 7.98. The number of benzene rings is 1. The van der Waals surface area contributed by atoms with Gasteiger partial charge in [-0.2, -0.15) is 0 Å². The van der Waals surface area contributed by atoms with Crippen LogP contribution in [0.4, 0.5) is 0 Å². The smallest absolute Gasteiger partial charge is 0.0595 e. The Labute approximate surface area is 118 Å². The molecule has 1 aromatic carbocycles. The first-order valence-corrected chi connectivity index (χ1v) is 5.42. The normalized spacial score (nSPS) is 19.5. The second-order valence-electron chi connectivity index (χ2n) is 3.38. The number of halogens is 4. The van der Waals surface area contributed by atoms with Crippen LogP contribution >= 0.6 is 48.0 Å². The molecule has 1 unspecified atom stereocenters. The summed E-state index contributed by atoms with van der Waals surface area (Å²) < 4.78 is 0. The largest absolute Gasteiger partial charge is 0.314 e. The quantitative estimate of drug-likeness (QED) is 0.833. The molecule has 1 aromatic rings. The third kappa shape index (κ3) is 3.95. The molecule has 2 nitrogen and oxygen atoms in total. The Hall–Kier alpha value is 0.300. The molecule has 0 saturated carbocycles. The first-order valence-electron chi connectivity index (χ1n) is 4.66. The van der Waals surface area contributed by atoms with Gasteiger partial charge in [0.15, 0.2) is 0 Å². The highest BCUT2D eigenvalue weighted by molar-refractivity contribution is 6.42. The molecule has 92 valence electrons. The van der Waals surface area contributed by atoms with E-state index >= 15 is 0 Å². The maximum absolute atomic E-state index is 5.95. The van der Waals surface area contributed by atoms with Gasteiger partial charge < -0.3 is 10.6 Å². The van der Waals surface area contributed by atoms with Crippen molar-refractivity contribution in [2.24, 2.45) is 0 Å². The van der Waals surface area contributed by atoms with E-state index in [2.05, 4.69) is 10.6 Å². The Morgan fingerprint density at radius 2 is 1.81 bits per heavy atom. The Bertz CT molecular complexity index is 327. The Morgan fingerprint density at radius 1 is 1.06 bits per heavy atom. The van der Waals surface area contributed by atoms with Crippen LogP contribution < -0.4 is 10.6 Å². The fourth-order valence-corrected chi connectivity index (χ4v) is 1.92. The van der Waals surface area contributed by atoms with Gasteiger partial charge in [-0.25, -0.2) is 0 Å². The molecular formula is C10H14Cl4N2. The summed E-state index contributed by atoms with van der Waals surface area (Å²) in [7, 11) is 0. The van der Waals surface area contributed by atoms with Gasteiger partial charge in [0.05, 0.1) is 10.0 Å². The van der Waals surface area contributed by atoms with Crippen molar-refractivity contribution in [2.75, 3.05) is 19.6 Å². The zero-order valence-corrected chi connectivity index (χ0v) is 11.6. The zero-order chi connectivity index (χ0) is 9.97. The standard InChI is InChI=1S/C10H12Cl2N2.2ClH/c11-8-2-1-7(5-9(8)12)10-6-13-3-4-14-10;;/h1-2,5,10,13-14H,3-4,6H2;2*1H. The van der Waals surface area contributed by atoms with Gasteiger partial charge in [-0.15, -0.1) is 24.8 Å². The fourth-order valence-electron chi connectivity index (χ4n) is 1.62. The minimum atomic E-state index is 0. The highest BCUT2D eigenvalue weighted by Gasteiger charge is 2.14. The van der Waals surface area contributed by atoms with E-state index in [0.29, 0.717) is 16.1 Å². The Balaban J connectivity index is 0.00000112. The highest BCUT2D eigenvalue weighted by atomic mass is 35.5. The van der Waals surface area contributed by atoms with Crippen molar-refractivity contribution in [3.8, 4) is 0 Å². The lowest BCUT2D eigenvalue weighted by Gasteiger charge is -2.25. The first kappa shape index (κ1) is 16.3. The van der Waals surface area contributed by atoms with E-state index < -0.39 is 0 Å². The molecule has 0 amide bonds. The minimum Gasteiger partial charge on any atom is -0.314 e. The van der Waals surface area contributed by atoms with Crippen LogP contribution in [0.1, 0.15) is 11.6 Å². The van der Waals surface area contributed by atoms with Gasteiger partial charge in [-0.1, -0.05) is 29.3 Å². The molecule has 1 atom stereocenters. The first-order chi connectivity index (χ1) is 6.77. The van der Waals surface area contributed by atoms with Gasteiger partial charge in [0.1, 0.15) is 0 Å². The van der Waals surface area contributed by atoms with E-state index in [1.54, 1.807) is 0 Å². The van der Waals surface area contributed by atoms with Crippen LogP contribution in [-0.4, -0.2) is 19.6 Å². The SMILES string of the molecule is Cl.Cl.Clc1ccc(C2CNCCN2)cc1Cl. The second kappa shape index (κ2) is 7.59. The molecule has 0 spiro atoms. The third-order valence-corrected chi connectivity index (χ3v) is 3.13. The monoisotopic (exact) mass is 302 g/mol. The number of rotatable bonds is 1. The molecule has 1 aliphatic rings. The van der Waals surface area contributed by atoms with Crippen molar-refractivity contribution < 1.29 is 0 Å². The van der Waals surface area contributed by atoms with Crippen molar-refractivity contribution in [3.05, 3.63) is 33.8 Å². The average molecular weight is 304 g/mol. The molecule has 16 heavy (non-hydrogen) atoms. The summed E-state index contributed by atoms with van der Waals surface area (Å²) in [5.41, 5.74) is 1.19. The number of hydrogen-bond acceptors (Lipinski definition) is 2. The fraction of sp³-hybridized carbons (Fsp3) is 0.400. The summed E-state index contributed by atoms with van der Waals surface area (Å²) in [5.74, 6) is 0. The molecule has 1 aliphatic heterocycles. The number of hydrogen-bond donors (Lipinski definition) is 2. The van der Waals surface area contributed by atoms with Crippen LogP contribution in [0.3, 0.4) is 0 Å². The molecule has 1 fully saturated rings. The predicted octanol–water partition coefficient (Wildman–Crippen LogP) is 3.07.